The summed E-state index contributed by atoms with van der Waals surface area (Å²) in [4.78, 5) is 0. The van der Waals surface area contributed by atoms with E-state index in [0.29, 0.717) is 6.10 Å². The molecule has 0 aromatic heterocycles. The molecule has 0 unspecified atom stereocenters. The van der Waals surface area contributed by atoms with Crippen molar-refractivity contribution >= 4 is 0 Å². The van der Waals surface area contributed by atoms with E-state index in [1.165, 1.54) is 25.7 Å². The van der Waals surface area contributed by atoms with E-state index in [4.69, 9.17) is 4.74 Å². The molecular formula is C9H14O. The maximum atomic E-state index is 5.35. The number of epoxide rings is 1. The first kappa shape index (κ1) is 5.59. The monoisotopic (exact) mass is 138 g/mol. The number of fused-ring (bicyclic) bond motifs is 2. The molecule has 0 amide bonds. The largest absolute Gasteiger partial charge is 0.373 e. The Morgan fingerprint density at radius 1 is 1.10 bits per heavy atom. The topological polar surface area (TPSA) is 12.5 Å². The van der Waals surface area contributed by atoms with Crippen molar-refractivity contribution in [2.24, 2.45) is 17.8 Å². The second-order valence-corrected chi connectivity index (χ2v) is 4.21. The third-order valence-corrected chi connectivity index (χ3v) is 3.63. The highest BCUT2D eigenvalue weighted by molar-refractivity contribution is 4.96. The molecule has 0 spiro atoms. The minimum Gasteiger partial charge on any atom is -0.373 e. The fraction of sp³-hybridized carbons (Fsp3) is 1.00. The molecule has 2 saturated carbocycles. The van der Waals surface area contributed by atoms with Gasteiger partial charge >= 0.3 is 0 Å². The number of hydrogen-bond acceptors (Lipinski definition) is 1. The Morgan fingerprint density at radius 3 is 2.50 bits per heavy atom. The molecule has 1 aliphatic heterocycles. The minimum atomic E-state index is 0.704. The molecule has 3 fully saturated rings. The zero-order chi connectivity index (χ0) is 6.55. The Hall–Kier alpha value is -0.0400. The lowest BCUT2D eigenvalue weighted by molar-refractivity contribution is 0.249. The van der Waals surface area contributed by atoms with E-state index < -0.39 is 0 Å². The lowest BCUT2D eigenvalue weighted by Crippen LogP contribution is -2.15. The van der Waals surface area contributed by atoms with Crippen LogP contribution < -0.4 is 0 Å². The molecule has 2 bridgehead atoms. The maximum absolute atomic E-state index is 5.35. The lowest BCUT2D eigenvalue weighted by atomic mass is 9.87. The van der Waals surface area contributed by atoms with Gasteiger partial charge in [-0.1, -0.05) is 6.42 Å². The molecule has 1 saturated heterocycles. The van der Waals surface area contributed by atoms with Crippen LogP contribution in [-0.2, 0) is 4.74 Å². The molecule has 4 atom stereocenters. The van der Waals surface area contributed by atoms with Gasteiger partial charge in [0.15, 0.2) is 0 Å². The molecular weight excluding hydrogens is 124 g/mol. The Morgan fingerprint density at radius 2 is 2.00 bits per heavy atom. The predicted molar refractivity (Wildman–Crippen MR) is 38.7 cm³/mol. The number of hydrogen-bond donors (Lipinski definition) is 0. The first-order valence-corrected chi connectivity index (χ1v) is 4.55. The van der Waals surface area contributed by atoms with E-state index in [0.717, 1.165) is 24.4 Å². The van der Waals surface area contributed by atoms with E-state index in [-0.39, 0.29) is 0 Å². The van der Waals surface area contributed by atoms with Crippen molar-refractivity contribution in [3.8, 4) is 0 Å². The smallest absolute Gasteiger partial charge is 0.0840 e. The van der Waals surface area contributed by atoms with Crippen molar-refractivity contribution in [3.63, 3.8) is 0 Å². The van der Waals surface area contributed by atoms with Crippen LogP contribution in [0, 0.1) is 17.8 Å². The highest BCUT2D eigenvalue weighted by atomic mass is 16.6. The van der Waals surface area contributed by atoms with E-state index in [9.17, 15) is 0 Å². The van der Waals surface area contributed by atoms with Gasteiger partial charge in [-0.15, -0.1) is 0 Å². The number of ether oxygens (including phenoxy) is 1. The first-order chi connectivity index (χ1) is 4.93. The van der Waals surface area contributed by atoms with Crippen LogP contribution in [0.5, 0.6) is 0 Å². The summed E-state index contributed by atoms with van der Waals surface area (Å²) in [5, 5.41) is 0. The second-order valence-electron chi connectivity index (χ2n) is 4.21. The fourth-order valence-electron chi connectivity index (χ4n) is 3.05. The molecule has 3 aliphatic rings. The van der Waals surface area contributed by atoms with Crippen LogP contribution in [0.2, 0.25) is 0 Å². The fourth-order valence-corrected chi connectivity index (χ4v) is 3.05. The molecule has 10 heavy (non-hydrogen) atoms. The van der Waals surface area contributed by atoms with Gasteiger partial charge in [0.25, 0.3) is 0 Å². The summed E-state index contributed by atoms with van der Waals surface area (Å²) in [5.74, 6) is 3.15. The molecule has 3 rings (SSSR count). The van der Waals surface area contributed by atoms with Gasteiger partial charge in [0.05, 0.1) is 12.7 Å². The molecule has 0 aromatic rings. The van der Waals surface area contributed by atoms with Gasteiger partial charge in [0, 0.05) is 0 Å². The summed E-state index contributed by atoms with van der Waals surface area (Å²) in [6.07, 6.45) is 6.76. The Kier molecular flexibility index (Phi) is 0.984. The van der Waals surface area contributed by atoms with Gasteiger partial charge in [0.1, 0.15) is 0 Å². The van der Waals surface area contributed by atoms with Gasteiger partial charge in [-0.2, -0.15) is 0 Å². The highest BCUT2D eigenvalue weighted by Crippen LogP contribution is 2.51. The van der Waals surface area contributed by atoms with E-state index in [1.807, 2.05) is 0 Å². The second kappa shape index (κ2) is 1.76. The molecule has 0 radical (unpaired) electrons. The molecule has 56 valence electrons. The zero-order valence-electron chi connectivity index (χ0n) is 6.25. The molecule has 0 N–H and O–H groups in total. The van der Waals surface area contributed by atoms with Crippen LogP contribution in [0.1, 0.15) is 25.7 Å². The summed E-state index contributed by atoms with van der Waals surface area (Å²) in [5.41, 5.74) is 0. The summed E-state index contributed by atoms with van der Waals surface area (Å²) < 4.78 is 5.35. The van der Waals surface area contributed by atoms with E-state index >= 15 is 0 Å². The quantitative estimate of drug-likeness (QED) is 0.503. The van der Waals surface area contributed by atoms with Gasteiger partial charge in [-0.25, -0.2) is 0 Å². The molecule has 1 heteroatoms. The predicted octanol–water partition coefficient (Wildman–Crippen LogP) is 1.82. The Balaban J connectivity index is 1.77. The molecule has 0 aromatic carbocycles. The average molecular weight is 138 g/mol. The molecule has 1 nitrogen and oxygen atoms in total. The third kappa shape index (κ3) is 0.672. The highest BCUT2D eigenvalue weighted by Gasteiger charge is 2.47. The van der Waals surface area contributed by atoms with Gasteiger partial charge in [0.2, 0.25) is 0 Å². The summed E-state index contributed by atoms with van der Waals surface area (Å²) in [7, 11) is 0. The summed E-state index contributed by atoms with van der Waals surface area (Å²) >= 11 is 0. The van der Waals surface area contributed by atoms with Crippen LogP contribution in [-0.4, -0.2) is 12.7 Å². The van der Waals surface area contributed by atoms with Crippen molar-refractivity contribution in [1.82, 2.24) is 0 Å². The number of rotatable bonds is 1. The zero-order valence-corrected chi connectivity index (χ0v) is 6.25. The Bertz CT molecular complexity index is 151. The molecule has 2 aliphatic carbocycles. The van der Waals surface area contributed by atoms with Crippen LogP contribution >= 0.6 is 0 Å². The summed E-state index contributed by atoms with van der Waals surface area (Å²) in [6, 6.07) is 0. The maximum Gasteiger partial charge on any atom is 0.0840 e. The van der Waals surface area contributed by atoms with Crippen molar-refractivity contribution in [1.29, 1.82) is 0 Å². The van der Waals surface area contributed by atoms with Crippen molar-refractivity contribution < 1.29 is 4.74 Å². The standard InChI is InChI=1S/C9H14O/c1-2-7-3-6(1)4-8(7)9-5-10-9/h6-9H,1-5H2/t6-,7+,8+,9+/m0/s1. The minimum absolute atomic E-state index is 0.704. The van der Waals surface area contributed by atoms with Crippen LogP contribution in [0.25, 0.3) is 0 Å². The van der Waals surface area contributed by atoms with Gasteiger partial charge in [-0.3, -0.25) is 0 Å². The van der Waals surface area contributed by atoms with Crippen LogP contribution in [0.4, 0.5) is 0 Å². The molecule has 1 heterocycles. The van der Waals surface area contributed by atoms with Crippen molar-refractivity contribution in [2.45, 2.75) is 31.8 Å². The average Bonchev–Trinajstić information content (AvgIpc) is 2.60. The van der Waals surface area contributed by atoms with E-state index in [1.54, 1.807) is 0 Å². The first-order valence-electron chi connectivity index (χ1n) is 4.55. The van der Waals surface area contributed by atoms with Gasteiger partial charge in [-0.05, 0) is 37.0 Å². The van der Waals surface area contributed by atoms with E-state index in [2.05, 4.69) is 0 Å². The normalized spacial score (nSPS) is 57.6. The SMILES string of the molecule is C1C[C@@H]2C[C@H]1C[C@H]2[C@H]1CO1. The Labute approximate surface area is 61.8 Å². The third-order valence-electron chi connectivity index (χ3n) is 3.63. The summed E-state index contributed by atoms with van der Waals surface area (Å²) in [6.45, 7) is 1.08. The van der Waals surface area contributed by atoms with Gasteiger partial charge < -0.3 is 4.74 Å². The van der Waals surface area contributed by atoms with Crippen LogP contribution in [0.15, 0.2) is 0 Å². The van der Waals surface area contributed by atoms with Crippen LogP contribution in [0.3, 0.4) is 0 Å². The van der Waals surface area contributed by atoms with Crippen molar-refractivity contribution in [3.05, 3.63) is 0 Å². The van der Waals surface area contributed by atoms with Crippen molar-refractivity contribution in [2.75, 3.05) is 6.61 Å². The lowest BCUT2D eigenvalue weighted by Gasteiger charge is -2.18.